The van der Waals surface area contributed by atoms with E-state index in [4.69, 9.17) is 4.42 Å². The van der Waals surface area contributed by atoms with Crippen molar-refractivity contribution < 1.29 is 14.0 Å². The van der Waals surface area contributed by atoms with Crippen LogP contribution in [-0.2, 0) is 5.75 Å². The maximum Gasteiger partial charge on any atom is 0.287 e. The van der Waals surface area contributed by atoms with Crippen molar-refractivity contribution in [2.24, 2.45) is 0 Å². The predicted octanol–water partition coefficient (Wildman–Crippen LogP) is 4.34. The Morgan fingerprint density at radius 3 is 2.60 bits per heavy atom. The van der Waals surface area contributed by atoms with Gasteiger partial charge in [-0.15, -0.1) is 23.1 Å². The second-order valence-electron chi connectivity index (χ2n) is 6.38. The lowest BCUT2D eigenvalue weighted by molar-refractivity contribution is 0.0911. The number of furan rings is 1. The third-order valence-corrected chi connectivity index (χ3v) is 6.54. The van der Waals surface area contributed by atoms with E-state index >= 15 is 0 Å². The molecule has 0 aliphatic carbocycles. The van der Waals surface area contributed by atoms with E-state index in [1.165, 1.54) is 10.4 Å². The Morgan fingerprint density at radius 2 is 1.83 bits per heavy atom. The molecule has 0 bridgehead atoms. The second-order valence-corrected chi connectivity index (χ2v) is 8.60. The van der Waals surface area contributed by atoms with Crippen molar-refractivity contribution in [3.05, 3.63) is 83.2 Å². The Labute approximate surface area is 181 Å². The molecule has 0 aliphatic heterocycles. The molecule has 4 aromatic rings. The number of para-hydroxylation sites is 1. The molecule has 0 fully saturated rings. The molecular formula is C22H19N3O3S2. The average Bonchev–Trinajstić information content (AvgIpc) is 3.43. The number of nitrogens with one attached hydrogen (secondary N) is 2. The van der Waals surface area contributed by atoms with Gasteiger partial charge in [0.05, 0.1) is 9.77 Å². The quantitative estimate of drug-likeness (QED) is 0.316. The zero-order valence-electron chi connectivity index (χ0n) is 16.0. The van der Waals surface area contributed by atoms with Gasteiger partial charge in [-0.3, -0.25) is 14.6 Å². The number of nitrogens with zero attached hydrogens (tertiary/aromatic N) is 1. The maximum atomic E-state index is 12.8. The molecule has 0 unspecified atom stereocenters. The molecule has 0 radical (unpaired) electrons. The van der Waals surface area contributed by atoms with E-state index in [2.05, 4.69) is 21.7 Å². The molecule has 0 saturated heterocycles. The zero-order valence-corrected chi connectivity index (χ0v) is 17.6. The summed E-state index contributed by atoms with van der Waals surface area (Å²) in [6.45, 7) is 0.596. The highest BCUT2D eigenvalue weighted by Gasteiger charge is 2.20. The van der Waals surface area contributed by atoms with Crippen molar-refractivity contribution in [1.29, 1.82) is 0 Å². The molecule has 8 heteroatoms. The first-order chi connectivity index (χ1) is 14.7. The molecule has 0 spiro atoms. The van der Waals surface area contributed by atoms with Crippen LogP contribution in [0.5, 0.6) is 0 Å². The number of aromatic nitrogens is 1. The van der Waals surface area contributed by atoms with Gasteiger partial charge in [0.1, 0.15) is 5.58 Å². The van der Waals surface area contributed by atoms with E-state index < -0.39 is 0 Å². The van der Waals surface area contributed by atoms with Crippen molar-refractivity contribution in [1.82, 2.24) is 15.6 Å². The van der Waals surface area contributed by atoms with Crippen molar-refractivity contribution >= 4 is 45.9 Å². The van der Waals surface area contributed by atoms with Crippen LogP contribution in [0, 0.1) is 0 Å². The van der Waals surface area contributed by atoms with Crippen LogP contribution >= 0.6 is 23.1 Å². The molecule has 2 N–H and O–H groups in total. The van der Waals surface area contributed by atoms with Crippen LogP contribution in [0.1, 0.15) is 26.5 Å². The lowest BCUT2D eigenvalue weighted by atomic mass is 10.1. The number of pyridine rings is 1. The minimum absolute atomic E-state index is 0.228. The van der Waals surface area contributed by atoms with Crippen LogP contribution in [-0.4, -0.2) is 29.9 Å². The van der Waals surface area contributed by atoms with E-state index in [-0.39, 0.29) is 11.8 Å². The molecule has 0 saturated carbocycles. The molecule has 3 heterocycles. The summed E-state index contributed by atoms with van der Waals surface area (Å²) < 4.78 is 7.05. The smallest absolute Gasteiger partial charge is 0.287 e. The summed E-state index contributed by atoms with van der Waals surface area (Å²) in [5.41, 5.74) is 2.05. The van der Waals surface area contributed by atoms with Crippen LogP contribution in [0.3, 0.4) is 0 Å². The minimum atomic E-state index is -0.288. The van der Waals surface area contributed by atoms with Gasteiger partial charge in [0, 0.05) is 42.2 Å². The van der Waals surface area contributed by atoms with Gasteiger partial charge in [-0.2, -0.15) is 0 Å². The van der Waals surface area contributed by atoms with Crippen LogP contribution < -0.4 is 10.6 Å². The van der Waals surface area contributed by atoms with E-state index in [9.17, 15) is 9.59 Å². The van der Waals surface area contributed by atoms with Crippen molar-refractivity contribution in [2.45, 2.75) is 9.96 Å². The molecule has 1 aromatic carbocycles. The third-order valence-electron chi connectivity index (χ3n) is 4.38. The lowest BCUT2D eigenvalue weighted by Crippen LogP contribution is -2.34. The van der Waals surface area contributed by atoms with Gasteiger partial charge in [-0.25, -0.2) is 0 Å². The molecule has 0 aliphatic rings. The largest absolute Gasteiger partial charge is 0.451 e. The number of fused-ring (bicyclic) bond motifs is 1. The van der Waals surface area contributed by atoms with Gasteiger partial charge in [-0.05, 0) is 29.6 Å². The number of hydrogen-bond acceptors (Lipinski definition) is 6. The molecule has 4 rings (SSSR count). The molecule has 0 atom stereocenters. The fourth-order valence-electron chi connectivity index (χ4n) is 2.95. The maximum absolute atomic E-state index is 12.8. The Bertz CT molecular complexity index is 1140. The highest BCUT2D eigenvalue weighted by atomic mass is 32.2. The fourth-order valence-corrected chi connectivity index (χ4v) is 4.76. The number of carbonyl (C=O) groups is 2. The molecule has 2 amide bonds. The third kappa shape index (κ3) is 4.72. The highest BCUT2D eigenvalue weighted by molar-refractivity contribution is 8.00. The van der Waals surface area contributed by atoms with Crippen molar-refractivity contribution in [3.8, 4) is 0 Å². The first kappa shape index (κ1) is 20.2. The number of thiophene rings is 1. The number of hydrogen-bond donors (Lipinski definition) is 2. The normalized spacial score (nSPS) is 10.8. The van der Waals surface area contributed by atoms with E-state index in [1.54, 1.807) is 41.4 Å². The van der Waals surface area contributed by atoms with E-state index in [0.29, 0.717) is 35.7 Å². The van der Waals surface area contributed by atoms with Crippen molar-refractivity contribution in [3.63, 3.8) is 0 Å². The van der Waals surface area contributed by atoms with Crippen molar-refractivity contribution in [2.75, 3.05) is 13.1 Å². The number of carbonyl (C=O) groups excluding carboxylic acids is 2. The summed E-state index contributed by atoms with van der Waals surface area (Å²) in [5.74, 6) is 0.439. The highest BCUT2D eigenvalue weighted by Crippen LogP contribution is 2.33. The summed E-state index contributed by atoms with van der Waals surface area (Å²) >= 11 is 3.35. The number of rotatable bonds is 8. The van der Waals surface area contributed by atoms with Gasteiger partial charge >= 0.3 is 0 Å². The summed E-state index contributed by atoms with van der Waals surface area (Å²) in [4.78, 5) is 28.7. The molecule has 3 aromatic heterocycles. The Morgan fingerprint density at radius 1 is 1.00 bits per heavy atom. The van der Waals surface area contributed by atoms with E-state index in [1.807, 2.05) is 35.7 Å². The first-order valence-electron chi connectivity index (χ1n) is 9.35. The van der Waals surface area contributed by atoms with Gasteiger partial charge in [0.15, 0.2) is 5.76 Å². The van der Waals surface area contributed by atoms with Crippen LogP contribution in [0.2, 0.25) is 0 Å². The summed E-state index contributed by atoms with van der Waals surface area (Å²) in [5, 5.41) is 8.57. The number of amides is 2. The number of thioether (sulfide) groups is 1. The average molecular weight is 438 g/mol. The summed E-state index contributed by atoms with van der Waals surface area (Å²) in [6, 6.07) is 15.1. The molecule has 152 valence electrons. The zero-order chi connectivity index (χ0) is 20.8. The van der Waals surface area contributed by atoms with Crippen LogP contribution in [0.25, 0.3) is 11.0 Å². The van der Waals surface area contributed by atoms with Crippen LogP contribution in [0.15, 0.2) is 74.9 Å². The standard InChI is InChI=1S/C22H19N3O3S2/c26-21(15-5-3-9-23-13-15)24-10-11-25-22(27)20-17(14-30-19-8-4-12-29-19)16-6-1-2-7-18(16)28-20/h1-9,12-13H,10-11,14H2,(H,24,26)(H,25,27). The molecule has 30 heavy (non-hydrogen) atoms. The second kappa shape index (κ2) is 9.60. The predicted molar refractivity (Wildman–Crippen MR) is 119 cm³/mol. The SMILES string of the molecule is O=C(NCCNC(=O)c1oc2ccccc2c1CSc1cccs1)c1cccnc1. The minimum Gasteiger partial charge on any atom is -0.451 e. The molecular weight excluding hydrogens is 418 g/mol. The topological polar surface area (TPSA) is 84.2 Å². The Balaban J connectivity index is 1.39. The Kier molecular flexibility index (Phi) is 6.46. The first-order valence-corrected chi connectivity index (χ1v) is 11.2. The van der Waals surface area contributed by atoms with Gasteiger partial charge in [0.25, 0.3) is 11.8 Å². The fraction of sp³-hybridized carbons (Fsp3) is 0.136. The van der Waals surface area contributed by atoms with Gasteiger partial charge < -0.3 is 15.1 Å². The summed E-state index contributed by atoms with van der Waals surface area (Å²) in [7, 11) is 0. The van der Waals surface area contributed by atoms with Gasteiger partial charge in [-0.1, -0.05) is 24.3 Å². The monoisotopic (exact) mass is 437 g/mol. The Hall–Kier alpha value is -3.10. The number of benzene rings is 1. The van der Waals surface area contributed by atoms with Gasteiger partial charge in [0.2, 0.25) is 0 Å². The molecule has 6 nitrogen and oxygen atoms in total. The lowest BCUT2D eigenvalue weighted by Gasteiger charge is -2.07. The van der Waals surface area contributed by atoms with E-state index in [0.717, 1.165) is 10.9 Å². The van der Waals surface area contributed by atoms with Crippen LogP contribution in [0.4, 0.5) is 0 Å². The summed E-state index contributed by atoms with van der Waals surface area (Å²) in [6.07, 6.45) is 3.11.